The third-order valence-corrected chi connectivity index (χ3v) is 4.14. The fourth-order valence-electron chi connectivity index (χ4n) is 2.08. The predicted molar refractivity (Wildman–Crippen MR) is 69.7 cm³/mol. The fourth-order valence-corrected chi connectivity index (χ4v) is 2.88. The van der Waals surface area contributed by atoms with E-state index < -0.39 is 0 Å². The molecule has 2 rings (SSSR count). The van der Waals surface area contributed by atoms with Crippen molar-refractivity contribution < 1.29 is 0 Å². The van der Waals surface area contributed by atoms with Gasteiger partial charge in [-0.25, -0.2) is 4.98 Å². The van der Waals surface area contributed by atoms with Crippen LogP contribution >= 0.6 is 11.8 Å². The van der Waals surface area contributed by atoms with E-state index in [9.17, 15) is 0 Å². The van der Waals surface area contributed by atoms with E-state index in [1.165, 1.54) is 19.3 Å². The number of nitrogen functional groups attached to an aromatic ring is 1. The SMILES string of the molecule is CSC1CCC(Nc2nc(N)ncc2C)C1. The topological polar surface area (TPSA) is 63.8 Å². The van der Waals surface area contributed by atoms with Crippen LogP contribution in [-0.2, 0) is 0 Å². The molecule has 1 saturated carbocycles. The normalized spacial score (nSPS) is 24.6. The summed E-state index contributed by atoms with van der Waals surface area (Å²) < 4.78 is 0. The van der Waals surface area contributed by atoms with E-state index in [0.29, 0.717) is 12.0 Å². The molecule has 4 nitrogen and oxygen atoms in total. The smallest absolute Gasteiger partial charge is 0.221 e. The van der Waals surface area contributed by atoms with Crippen LogP contribution in [0.25, 0.3) is 0 Å². The molecule has 16 heavy (non-hydrogen) atoms. The molecule has 1 fully saturated rings. The van der Waals surface area contributed by atoms with Gasteiger partial charge < -0.3 is 11.1 Å². The van der Waals surface area contributed by atoms with E-state index in [1.54, 1.807) is 6.20 Å². The summed E-state index contributed by atoms with van der Waals surface area (Å²) in [6, 6.07) is 0.533. The Morgan fingerprint density at radius 1 is 1.50 bits per heavy atom. The summed E-state index contributed by atoms with van der Waals surface area (Å²) >= 11 is 1.96. The van der Waals surface area contributed by atoms with Crippen LogP contribution in [-0.4, -0.2) is 27.5 Å². The third-order valence-electron chi connectivity index (χ3n) is 3.05. The Balaban J connectivity index is 2.01. The zero-order valence-corrected chi connectivity index (χ0v) is 10.5. The maximum atomic E-state index is 5.59. The Kier molecular flexibility index (Phi) is 3.53. The average Bonchev–Trinajstić information content (AvgIpc) is 2.71. The van der Waals surface area contributed by atoms with Gasteiger partial charge in [0, 0.05) is 23.1 Å². The standard InChI is InChI=1S/C11H18N4S/c1-7-6-13-11(12)15-10(7)14-8-3-4-9(5-8)16-2/h6,8-9H,3-5H2,1-2H3,(H3,12,13,14,15). The first-order chi connectivity index (χ1) is 7.69. The molecule has 1 aliphatic rings. The van der Waals surface area contributed by atoms with Crippen molar-refractivity contribution in [1.82, 2.24) is 9.97 Å². The summed E-state index contributed by atoms with van der Waals surface area (Å²) in [4.78, 5) is 8.20. The molecule has 0 saturated heterocycles. The molecule has 1 aliphatic carbocycles. The molecule has 88 valence electrons. The van der Waals surface area contributed by atoms with Gasteiger partial charge in [0.2, 0.25) is 5.95 Å². The maximum absolute atomic E-state index is 5.59. The van der Waals surface area contributed by atoms with Crippen molar-refractivity contribution >= 4 is 23.5 Å². The Morgan fingerprint density at radius 3 is 3.00 bits per heavy atom. The first kappa shape index (κ1) is 11.5. The van der Waals surface area contributed by atoms with Gasteiger partial charge in [-0.2, -0.15) is 16.7 Å². The van der Waals surface area contributed by atoms with Gasteiger partial charge in [0.1, 0.15) is 5.82 Å². The lowest BCUT2D eigenvalue weighted by atomic mass is 10.2. The van der Waals surface area contributed by atoms with Gasteiger partial charge in [-0.05, 0) is 32.4 Å². The number of hydrogen-bond donors (Lipinski definition) is 2. The summed E-state index contributed by atoms with van der Waals surface area (Å²) in [7, 11) is 0. The Hall–Kier alpha value is -0.970. The zero-order valence-electron chi connectivity index (χ0n) is 9.73. The molecule has 0 bridgehead atoms. The van der Waals surface area contributed by atoms with E-state index in [1.807, 2.05) is 18.7 Å². The third kappa shape index (κ3) is 2.58. The van der Waals surface area contributed by atoms with Gasteiger partial charge in [0.05, 0.1) is 0 Å². The van der Waals surface area contributed by atoms with Gasteiger partial charge in [0.15, 0.2) is 0 Å². The van der Waals surface area contributed by atoms with Gasteiger partial charge in [-0.1, -0.05) is 0 Å². The quantitative estimate of drug-likeness (QED) is 0.844. The molecule has 0 amide bonds. The lowest BCUT2D eigenvalue weighted by Crippen LogP contribution is -2.18. The van der Waals surface area contributed by atoms with Crippen LogP contribution in [0.4, 0.5) is 11.8 Å². The second-order valence-corrected chi connectivity index (χ2v) is 5.41. The van der Waals surface area contributed by atoms with Crippen LogP contribution < -0.4 is 11.1 Å². The molecule has 1 aromatic rings. The van der Waals surface area contributed by atoms with E-state index in [0.717, 1.165) is 16.6 Å². The lowest BCUT2D eigenvalue weighted by Gasteiger charge is -2.15. The maximum Gasteiger partial charge on any atom is 0.221 e. The number of anilines is 2. The number of aryl methyl sites for hydroxylation is 1. The van der Waals surface area contributed by atoms with Crippen LogP contribution in [0.2, 0.25) is 0 Å². The molecule has 0 aromatic carbocycles. The molecule has 0 radical (unpaired) electrons. The van der Waals surface area contributed by atoms with Crippen molar-refractivity contribution in [3.8, 4) is 0 Å². The number of aromatic nitrogens is 2. The molecule has 1 heterocycles. The summed E-state index contributed by atoms with van der Waals surface area (Å²) in [6.07, 6.45) is 7.67. The summed E-state index contributed by atoms with van der Waals surface area (Å²) in [5.74, 6) is 1.23. The highest BCUT2D eigenvalue weighted by atomic mass is 32.2. The molecule has 1 aromatic heterocycles. The van der Waals surface area contributed by atoms with Crippen molar-refractivity contribution in [2.75, 3.05) is 17.3 Å². The monoisotopic (exact) mass is 238 g/mol. The van der Waals surface area contributed by atoms with E-state index in [2.05, 4.69) is 21.5 Å². The van der Waals surface area contributed by atoms with Gasteiger partial charge in [-0.15, -0.1) is 0 Å². The van der Waals surface area contributed by atoms with Gasteiger partial charge >= 0.3 is 0 Å². The van der Waals surface area contributed by atoms with Crippen molar-refractivity contribution in [2.45, 2.75) is 37.5 Å². The van der Waals surface area contributed by atoms with Gasteiger partial charge in [0.25, 0.3) is 0 Å². The van der Waals surface area contributed by atoms with Crippen LogP contribution in [0.15, 0.2) is 6.20 Å². The van der Waals surface area contributed by atoms with Crippen LogP contribution in [0.1, 0.15) is 24.8 Å². The minimum absolute atomic E-state index is 0.340. The number of rotatable bonds is 3. The molecule has 2 atom stereocenters. The van der Waals surface area contributed by atoms with Gasteiger partial charge in [-0.3, -0.25) is 0 Å². The lowest BCUT2D eigenvalue weighted by molar-refractivity contribution is 0.750. The number of nitrogens with one attached hydrogen (secondary N) is 1. The molecular weight excluding hydrogens is 220 g/mol. The highest BCUT2D eigenvalue weighted by Gasteiger charge is 2.24. The molecule has 0 spiro atoms. The Labute approximate surface area is 100 Å². The Morgan fingerprint density at radius 2 is 2.31 bits per heavy atom. The van der Waals surface area contributed by atoms with E-state index in [4.69, 9.17) is 5.73 Å². The highest BCUT2D eigenvalue weighted by Crippen LogP contribution is 2.30. The van der Waals surface area contributed by atoms with Crippen LogP contribution in [0.3, 0.4) is 0 Å². The van der Waals surface area contributed by atoms with Crippen molar-refractivity contribution in [1.29, 1.82) is 0 Å². The number of nitrogens with zero attached hydrogens (tertiary/aromatic N) is 2. The molecule has 2 unspecified atom stereocenters. The average molecular weight is 238 g/mol. The summed E-state index contributed by atoms with van der Waals surface area (Å²) in [5, 5.41) is 4.26. The summed E-state index contributed by atoms with van der Waals surface area (Å²) in [5.41, 5.74) is 6.65. The molecular formula is C11H18N4S. The molecule has 5 heteroatoms. The fraction of sp³-hybridized carbons (Fsp3) is 0.636. The number of hydrogen-bond acceptors (Lipinski definition) is 5. The minimum Gasteiger partial charge on any atom is -0.368 e. The van der Waals surface area contributed by atoms with Crippen LogP contribution in [0.5, 0.6) is 0 Å². The largest absolute Gasteiger partial charge is 0.368 e. The first-order valence-electron chi connectivity index (χ1n) is 5.57. The zero-order chi connectivity index (χ0) is 11.5. The summed E-state index contributed by atoms with van der Waals surface area (Å²) in [6.45, 7) is 2.00. The molecule has 0 aliphatic heterocycles. The highest BCUT2D eigenvalue weighted by molar-refractivity contribution is 7.99. The van der Waals surface area contributed by atoms with Crippen molar-refractivity contribution in [3.05, 3.63) is 11.8 Å². The van der Waals surface area contributed by atoms with Crippen molar-refractivity contribution in [2.24, 2.45) is 0 Å². The predicted octanol–water partition coefficient (Wildman–Crippen LogP) is 2.06. The first-order valence-corrected chi connectivity index (χ1v) is 6.86. The van der Waals surface area contributed by atoms with E-state index in [-0.39, 0.29) is 0 Å². The number of thioether (sulfide) groups is 1. The van der Waals surface area contributed by atoms with E-state index >= 15 is 0 Å². The second kappa shape index (κ2) is 4.91. The molecule has 3 N–H and O–H groups in total. The minimum atomic E-state index is 0.340. The van der Waals surface area contributed by atoms with Crippen LogP contribution in [0, 0.1) is 6.92 Å². The number of nitrogens with two attached hydrogens (primary N) is 1. The van der Waals surface area contributed by atoms with Crippen molar-refractivity contribution in [3.63, 3.8) is 0 Å². The Bertz CT molecular complexity index is 369. The second-order valence-electron chi connectivity index (χ2n) is 4.27.